The van der Waals surface area contributed by atoms with Gasteiger partial charge in [-0.15, -0.1) is 0 Å². The highest BCUT2D eigenvalue weighted by atomic mass is 16.4. The molecule has 0 radical (unpaired) electrons. The molecule has 0 atom stereocenters. The molecule has 0 fully saturated rings. The molecule has 0 saturated carbocycles. The second kappa shape index (κ2) is 9.18. The van der Waals surface area contributed by atoms with Crippen LogP contribution in [0.1, 0.15) is 0 Å². The molecule has 3 heterocycles. The van der Waals surface area contributed by atoms with Crippen molar-refractivity contribution in [3.63, 3.8) is 0 Å². The van der Waals surface area contributed by atoms with Crippen LogP contribution < -0.4 is 0 Å². The van der Waals surface area contributed by atoms with E-state index < -0.39 is 0 Å². The monoisotopic (exact) mass is 576 g/mol. The second-order valence-electron chi connectivity index (χ2n) is 11.6. The Kier molecular flexibility index (Phi) is 4.96. The van der Waals surface area contributed by atoms with Gasteiger partial charge in [0.25, 0.3) is 0 Å². The third-order valence-corrected chi connectivity index (χ3v) is 8.99. The molecule has 0 aliphatic carbocycles. The normalized spacial score (nSPS) is 12.0. The van der Waals surface area contributed by atoms with Gasteiger partial charge in [-0.3, -0.25) is 4.57 Å². The van der Waals surface area contributed by atoms with Crippen LogP contribution in [0.25, 0.3) is 93.9 Å². The lowest BCUT2D eigenvalue weighted by Crippen LogP contribution is -1.97. The molecular weight excluding hydrogens is 552 g/mol. The van der Waals surface area contributed by atoms with Gasteiger partial charge >= 0.3 is 0 Å². The highest BCUT2D eigenvalue weighted by Crippen LogP contribution is 2.40. The molecule has 0 saturated heterocycles. The van der Waals surface area contributed by atoms with E-state index in [0.717, 1.165) is 83.1 Å². The molecule has 7 aromatic carbocycles. The van der Waals surface area contributed by atoms with Crippen LogP contribution in [0, 0.1) is 0 Å². The zero-order valence-corrected chi connectivity index (χ0v) is 24.1. The van der Waals surface area contributed by atoms with E-state index in [1.807, 2.05) is 30.3 Å². The van der Waals surface area contributed by atoms with Crippen LogP contribution in [0.5, 0.6) is 0 Å². The molecule has 10 rings (SSSR count). The predicted molar refractivity (Wildman–Crippen MR) is 184 cm³/mol. The molecule has 210 valence electrons. The van der Waals surface area contributed by atoms with Crippen molar-refractivity contribution in [3.05, 3.63) is 146 Å². The highest BCUT2D eigenvalue weighted by molar-refractivity contribution is 6.19. The van der Waals surface area contributed by atoms with Gasteiger partial charge in [-0.1, -0.05) is 84.9 Å². The van der Waals surface area contributed by atoms with Crippen LogP contribution in [0.3, 0.4) is 0 Å². The first-order chi connectivity index (χ1) is 22.3. The fourth-order valence-corrected chi connectivity index (χ4v) is 6.82. The van der Waals surface area contributed by atoms with Gasteiger partial charge in [0, 0.05) is 32.8 Å². The summed E-state index contributed by atoms with van der Waals surface area (Å²) in [5.41, 5.74) is 9.88. The minimum atomic E-state index is 0.795. The first kappa shape index (κ1) is 24.3. The molecule has 0 bridgehead atoms. The number of aromatic nitrogens is 2. The van der Waals surface area contributed by atoms with Crippen LogP contribution in [-0.4, -0.2) is 9.55 Å². The first-order valence-corrected chi connectivity index (χ1v) is 15.1. The maximum absolute atomic E-state index is 6.38. The lowest BCUT2D eigenvalue weighted by atomic mass is 9.99. The van der Waals surface area contributed by atoms with Gasteiger partial charge in [0.15, 0.2) is 11.2 Å². The van der Waals surface area contributed by atoms with Gasteiger partial charge < -0.3 is 8.83 Å². The number of para-hydroxylation sites is 3. The topological polar surface area (TPSA) is 44.1 Å². The third kappa shape index (κ3) is 3.63. The molecule has 0 aliphatic heterocycles. The van der Waals surface area contributed by atoms with Crippen LogP contribution in [0.15, 0.2) is 154 Å². The van der Waals surface area contributed by atoms with Crippen LogP contribution >= 0.6 is 0 Å². The predicted octanol–water partition coefficient (Wildman–Crippen LogP) is 11.3. The van der Waals surface area contributed by atoms with Crippen molar-refractivity contribution in [2.45, 2.75) is 0 Å². The Balaban J connectivity index is 1.08. The first-order valence-electron chi connectivity index (χ1n) is 15.1. The molecule has 0 unspecified atom stereocenters. The smallest absolute Gasteiger partial charge is 0.178 e. The number of imidazole rings is 1. The average Bonchev–Trinajstić information content (AvgIpc) is 3.79. The third-order valence-electron chi connectivity index (χ3n) is 8.99. The Hall–Kier alpha value is -6.13. The van der Waals surface area contributed by atoms with E-state index >= 15 is 0 Å². The van der Waals surface area contributed by atoms with Gasteiger partial charge in [0.1, 0.15) is 17.0 Å². The zero-order chi connectivity index (χ0) is 29.5. The Morgan fingerprint density at radius 2 is 1.11 bits per heavy atom. The number of nitrogens with zero attached hydrogens (tertiary/aromatic N) is 2. The van der Waals surface area contributed by atoms with E-state index in [-0.39, 0.29) is 0 Å². The Morgan fingerprint density at radius 3 is 2.00 bits per heavy atom. The SMILES string of the molecule is c1ccc(-c2nc3ccccc3n2-c2ccc3cc(-c4ccc5oc6c(ccc7c8ccccc8oc76)c5c4)ccc3c2)cc1. The maximum atomic E-state index is 6.38. The van der Waals surface area contributed by atoms with Gasteiger partial charge in [-0.05, 0) is 82.6 Å². The lowest BCUT2D eigenvalue weighted by Gasteiger charge is -2.12. The quantitative estimate of drug-likeness (QED) is 0.210. The van der Waals surface area contributed by atoms with Crippen molar-refractivity contribution in [3.8, 4) is 28.2 Å². The van der Waals surface area contributed by atoms with Crippen molar-refractivity contribution in [1.29, 1.82) is 0 Å². The summed E-state index contributed by atoms with van der Waals surface area (Å²) in [5, 5.41) is 6.68. The molecular formula is C41H24N2O2. The maximum Gasteiger partial charge on any atom is 0.178 e. The molecule has 0 amide bonds. The standard InChI is InChI=1S/C41H24N2O2/c1-2-8-25(9-3-1)41-42-35-11-5-6-12-36(35)43(41)30-18-16-27-22-26(14-15-28(27)23-30)29-17-21-38-34(24-29)33-20-19-32-31-10-4-7-13-37(31)44-39(32)40(33)45-38/h1-24H. The summed E-state index contributed by atoms with van der Waals surface area (Å²) in [7, 11) is 0. The van der Waals surface area contributed by atoms with Crippen molar-refractivity contribution < 1.29 is 8.83 Å². The minimum Gasteiger partial charge on any atom is -0.452 e. The summed E-state index contributed by atoms with van der Waals surface area (Å²) in [6, 6.07) is 50.9. The molecule has 4 nitrogen and oxygen atoms in total. The number of hydrogen-bond acceptors (Lipinski definition) is 3. The number of fused-ring (bicyclic) bond motifs is 9. The van der Waals surface area contributed by atoms with Crippen LogP contribution in [-0.2, 0) is 0 Å². The molecule has 0 N–H and O–H groups in total. The Morgan fingerprint density at radius 1 is 0.444 bits per heavy atom. The van der Waals surface area contributed by atoms with Crippen molar-refractivity contribution >= 4 is 65.7 Å². The van der Waals surface area contributed by atoms with Crippen molar-refractivity contribution in [2.75, 3.05) is 0 Å². The van der Waals surface area contributed by atoms with Crippen LogP contribution in [0.2, 0.25) is 0 Å². The molecule has 0 aliphatic rings. The molecule has 4 heteroatoms. The highest BCUT2D eigenvalue weighted by Gasteiger charge is 2.17. The van der Waals surface area contributed by atoms with Gasteiger partial charge in [0.2, 0.25) is 0 Å². The fraction of sp³-hybridized carbons (Fsp3) is 0. The summed E-state index contributed by atoms with van der Waals surface area (Å²) in [5.74, 6) is 0.938. The van der Waals surface area contributed by atoms with Gasteiger partial charge in [-0.2, -0.15) is 0 Å². The number of benzene rings is 7. The lowest BCUT2D eigenvalue weighted by molar-refractivity contribution is 0.633. The summed E-state index contributed by atoms with van der Waals surface area (Å²) < 4.78 is 14.9. The van der Waals surface area contributed by atoms with E-state index in [1.165, 1.54) is 10.8 Å². The van der Waals surface area contributed by atoms with E-state index in [2.05, 4.69) is 120 Å². The Bertz CT molecular complexity index is 2760. The van der Waals surface area contributed by atoms with E-state index in [1.54, 1.807) is 0 Å². The molecule has 45 heavy (non-hydrogen) atoms. The van der Waals surface area contributed by atoms with E-state index in [4.69, 9.17) is 13.8 Å². The van der Waals surface area contributed by atoms with E-state index in [9.17, 15) is 0 Å². The second-order valence-corrected chi connectivity index (χ2v) is 11.6. The minimum absolute atomic E-state index is 0.795. The summed E-state index contributed by atoms with van der Waals surface area (Å²) in [4.78, 5) is 5.01. The van der Waals surface area contributed by atoms with Crippen molar-refractivity contribution in [2.24, 2.45) is 0 Å². The largest absolute Gasteiger partial charge is 0.452 e. The Labute approximate surface area is 257 Å². The zero-order valence-electron chi connectivity index (χ0n) is 24.1. The molecule has 10 aromatic rings. The molecule has 0 spiro atoms. The number of rotatable bonds is 3. The molecule has 3 aromatic heterocycles. The van der Waals surface area contributed by atoms with Gasteiger partial charge in [0.05, 0.1) is 11.0 Å². The summed E-state index contributed by atoms with van der Waals surface area (Å²) in [6.07, 6.45) is 0. The van der Waals surface area contributed by atoms with Gasteiger partial charge in [-0.25, -0.2) is 4.98 Å². The number of hydrogen-bond donors (Lipinski definition) is 0. The van der Waals surface area contributed by atoms with E-state index in [0.29, 0.717) is 0 Å². The summed E-state index contributed by atoms with van der Waals surface area (Å²) in [6.45, 7) is 0. The average molecular weight is 577 g/mol. The number of furan rings is 2. The fourth-order valence-electron chi connectivity index (χ4n) is 6.82. The van der Waals surface area contributed by atoms with Crippen LogP contribution in [0.4, 0.5) is 0 Å². The van der Waals surface area contributed by atoms with Crippen molar-refractivity contribution in [1.82, 2.24) is 9.55 Å². The summed E-state index contributed by atoms with van der Waals surface area (Å²) >= 11 is 0.